The molecule has 22 heavy (non-hydrogen) atoms. The molecule has 1 saturated carbocycles. The molecule has 2 rings (SSSR count). The van der Waals surface area contributed by atoms with Crippen LogP contribution in [0.2, 0.25) is 5.02 Å². The first-order valence-corrected chi connectivity index (χ1v) is 7.19. The summed E-state index contributed by atoms with van der Waals surface area (Å²) in [6, 6.07) is 3.84. The van der Waals surface area contributed by atoms with Gasteiger partial charge in [0.25, 0.3) is 5.69 Å². The first-order valence-electron chi connectivity index (χ1n) is 6.81. The van der Waals surface area contributed by atoms with E-state index in [2.05, 4.69) is 5.32 Å². The minimum absolute atomic E-state index is 0.111. The van der Waals surface area contributed by atoms with Crippen molar-refractivity contribution in [2.75, 3.05) is 0 Å². The zero-order chi connectivity index (χ0) is 16.3. The minimum atomic E-state index is -1.20. The molecule has 1 amide bonds. The highest BCUT2D eigenvalue weighted by molar-refractivity contribution is 6.31. The van der Waals surface area contributed by atoms with Crippen molar-refractivity contribution >= 4 is 29.2 Å². The quantitative estimate of drug-likeness (QED) is 0.637. The van der Waals surface area contributed by atoms with Crippen molar-refractivity contribution in [3.8, 4) is 0 Å². The number of nitrogens with one attached hydrogen (secondary N) is 1. The lowest BCUT2D eigenvalue weighted by Crippen LogP contribution is -2.52. The van der Waals surface area contributed by atoms with E-state index < -0.39 is 22.3 Å². The van der Waals surface area contributed by atoms with E-state index in [1.54, 1.807) is 0 Å². The molecule has 2 N–H and O–H groups in total. The third kappa shape index (κ3) is 3.36. The summed E-state index contributed by atoms with van der Waals surface area (Å²) in [4.78, 5) is 33.5. The molecule has 8 heteroatoms. The molecule has 1 aromatic carbocycles. The van der Waals surface area contributed by atoms with Crippen LogP contribution in [0, 0.1) is 10.1 Å². The number of rotatable bonds is 5. The first-order chi connectivity index (χ1) is 10.3. The summed E-state index contributed by atoms with van der Waals surface area (Å²) in [5.74, 6) is -1.49. The number of nitro benzene ring substituents is 1. The fraction of sp³-hybridized carbons (Fsp3) is 0.429. The Kier molecular flexibility index (Phi) is 4.65. The molecular weight excluding hydrogens is 312 g/mol. The number of nitro groups is 1. The van der Waals surface area contributed by atoms with Crippen LogP contribution in [0.4, 0.5) is 5.69 Å². The highest BCUT2D eigenvalue weighted by atomic mass is 35.5. The second-order valence-corrected chi connectivity index (χ2v) is 5.76. The number of carbonyl (C=O) groups is 2. The number of hydrogen-bond acceptors (Lipinski definition) is 4. The van der Waals surface area contributed by atoms with Crippen LogP contribution in [0.5, 0.6) is 0 Å². The SMILES string of the molecule is O=C(Cc1ccc([N+](=O)[O-])cc1Cl)NC1(C(=O)O)CCCC1. The average molecular weight is 327 g/mol. The number of hydrogen-bond donors (Lipinski definition) is 2. The van der Waals surface area contributed by atoms with Crippen LogP contribution in [0.25, 0.3) is 0 Å². The Balaban J connectivity index is 2.09. The molecule has 0 bridgehead atoms. The van der Waals surface area contributed by atoms with E-state index in [0.29, 0.717) is 18.4 Å². The molecule has 0 radical (unpaired) electrons. The van der Waals surface area contributed by atoms with Crippen molar-refractivity contribution in [2.24, 2.45) is 0 Å². The Morgan fingerprint density at radius 2 is 2.00 bits per heavy atom. The van der Waals surface area contributed by atoms with Gasteiger partial charge in [-0.2, -0.15) is 0 Å². The first kappa shape index (κ1) is 16.2. The predicted molar refractivity (Wildman–Crippen MR) is 78.8 cm³/mol. The van der Waals surface area contributed by atoms with Gasteiger partial charge in [0.15, 0.2) is 0 Å². The summed E-state index contributed by atoms with van der Waals surface area (Å²) < 4.78 is 0. The van der Waals surface area contributed by atoms with E-state index in [1.165, 1.54) is 18.2 Å². The molecule has 0 aliphatic heterocycles. The molecule has 0 heterocycles. The van der Waals surface area contributed by atoms with E-state index in [0.717, 1.165) is 12.8 Å². The Morgan fingerprint density at radius 1 is 1.36 bits per heavy atom. The summed E-state index contributed by atoms with van der Waals surface area (Å²) in [6.07, 6.45) is 2.20. The molecule has 0 saturated heterocycles. The largest absolute Gasteiger partial charge is 0.480 e. The number of amides is 1. The molecule has 0 atom stereocenters. The lowest BCUT2D eigenvalue weighted by molar-refractivity contribution is -0.384. The van der Waals surface area contributed by atoms with Crippen LogP contribution >= 0.6 is 11.6 Å². The number of carbonyl (C=O) groups excluding carboxylic acids is 1. The third-order valence-corrected chi connectivity index (χ3v) is 4.20. The van der Waals surface area contributed by atoms with Crippen molar-refractivity contribution in [1.29, 1.82) is 0 Å². The van der Waals surface area contributed by atoms with Crippen LogP contribution < -0.4 is 5.32 Å². The van der Waals surface area contributed by atoms with E-state index in [4.69, 9.17) is 11.6 Å². The number of nitrogens with zero attached hydrogens (tertiary/aromatic N) is 1. The normalized spacial score (nSPS) is 16.2. The van der Waals surface area contributed by atoms with E-state index >= 15 is 0 Å². The van der Waals surface area contributed by atoms with Gasteiger partial charge in [-0.15, -0.1) is 0 Å². The third-order valence-electron chi connectivity index (χ3n) is 3.84. The molecule has 7 nitrogen and oxygen atoms in total. The molecular formula is C14H15ClN2O5. The highest BCUT2D eigenvalue weighted by Gasteiger charge is 2.42. The molecule has 1 aliphatic rings. The number of carboxylic acids is 1. The topological polar surface area (TPSA) is 110 Å². The smallest absolute Gasteiger partial charge is 0.329 e. The Hall–Kier alpha value is -2.15. The number of halogens is 1. The number of benzene rings is 1. The number of non-ortho nitro benzene ring substituents is 1. The van der Waals surface area contributed by atoms with Crippen LogP contribution in [-0.2, 0) is 16.0 Å². The Bertz CT molecular complexity index is 626. The molecule has 1 fully saturated rings. The molecule has 1 aliphatic carbocycles. The van der Waals surface area contributed by atoms with Crippen molar-refractivity contribution < 1.29 is 19.6 Å². The van der Waals surface area contributed by atoms with Gasteiger partial charge in [0.05, 0.1) is 16.4 Å². The van der Waals surface area contributed by atoms with Gasteiger partial charge in [-0.25, -0.2) is 4.79 Å². The summed E-state index contributed by atoms with van der Waals surface area (Å²) in [5.41, 5.74) is -0.945. The molecule has 118 valence electrons. The molecule has 1 aromatic rings. The molecule has 0 spiro atoms. The lowest BCUT2D eigenvalue weighted by atomic mass is 9.97. The van der Waals surface area contributed by atoms with E-state index in [1.807, 2.05) is 0 Å². The van der Waals surface area contributed by atoms with Crippen molar-refractivity contribution in [3.63, 3.8) is 0 Å². The van der Waals surface area contributed by atoms with Gasteiger partial charge in [-0.1, -0.05) is 30.5 Å². The van der Waals surface area contributed by atoms with Gasteiger partial charge in [-0.3, -0.25) is 14.9 Å². The van der Waals surface area contributed by atoms with Crippen molar-refractivity contribution in [1.82, 2.24) is 5.32 Å². The average Bonchev–Trinajstić information content (AvgIpc) is 2.90. The standard InChI is InChI=1S/C14H15ClN2O5/c15-11-8-10(17(21)22)4-3-9(11)7-12(18)16-14(13(19)20)5-1-2-6-14/h3-4,8H,1-2,5-7H2,(H,16,18)(H,19,20). The lowest BCUT2D eigenvalue weighted by Gasteiger charge is -2.25. The molecule has 0 unspecified atom stereocenters. The van der Waals surface area contributed by atoms with Crippen molar-refractivity contribution in [2.45, 2.75) is 37.6 Å². The van der Waals surface area contributed by atoms with E-state index in [-0.39, 0.29) is 17.1 Å². The van der Waals surface area contributed by atoms with Gasteiger partial charge in [-0.05, 0) is 18.4 Å². The van der Waals surface area contributed by atoms with Crippen LogP contribution in [-0.4, -0.2) is 27.4 Å². The number of aliphatic carboxylic acids is 1. The minimum Gasteiger partial charge on any atom is -0.480 e. The fourth-order valence-corrected chi connectivity index (χ4v) is 2.89. The van der Waals surface area contributed by atoms with Gasteiger partial charge in [0.1, 0.15) is 5.54 Å². The Morgan fingerprint density at radius 3 is 2.50 bits per heavy atom. The predicted octanol–water partition coefficient (Wildman–Crippen LogP) is 2.30. The molecule has 0 aromatic heterocycles. The Labute approximate surface area is 131 Å². The summed E-state index contributed by atoms with van der Waals surface area (Å²) in [7, 11) is 0. The summed E-state index contributed by atoms with van der Waals surface area (Å²) in [5, 5.41) is 22.6. The highest BCUT2D eigenvalue weighted by Crippen LogP contribution is 2.30. The fourth-order valence-electron chi connectivity index (χ4n) is 2.65. The van der Waals surface area contributed by atoms with Crippen LogP contribution in [0.1, 0.15) is 31.2 Å². The van der Waals surface area contributed by atoms with Gasteiger partial charge in [0, 0.05) is 12.1 Å². The maximum Gasteiger partial charge on any atom is 0.329 e. The second-order valence-electron chi connectivity index (χ2n) is 5.35. The van der Waals surface area contributed by atoms with Crippen molar-refractivity contribution in [3.05, 3.63) is 38.9 Å². The second kappa shape index (κ2) is 6.31. The maximum atomic E-state index is 12.1. The zero-order valence-corrected chi connectivity index (χ0v) is 12.4. The zero-order valence-electron chi connectivity index (χ0n) is 11.7. The van der Waals surface area contributed by atoms with E-state index in [9.17, 15) is 24.8 Å². The summed E-state index contributed by atoms with van der Waals surface area (Å²) in [6.45, 7) is 0. The monoisotopic (exact) mass is 326 g/mol. The van der Waals surface area contributed by atoms with Gasteiger partial charge in [0.2, 0.25) is 5.91 Å². The van der Waals surface area contributed by atoms with Gasteiger partial charge < -0.3 is 10.4 Å². The summed E-state index contributed by atoms with van der Waals surface area (Å²) >= 11 is 5.93. The maximum absolute atomic E-state index is 12.1. The van der Waals surface area contributed by atoms with Gasteiger partial charge >= 0.3 is 5.97 Å². The van der Waals surface area contributed by atoms with Crippen LogP contribution in [0.15, 0.2) is 18.2 Å². The number of carboxylic acid groups (broad SMARTS) is 1. The van der Waals surface area contributed by atoms with Crippen LogP contribution in [0.3, 0.4) is 0 Å².